The zero-order valence-corrected chi connectivity index (χ0v) is 20.7. The molecule has 0 aromatic heterocycles. The van der Waals surface area contributed by atoms with E-state index in [1.54, 1.807) is 0 Å². The van der Waals surface area contributed by atoms with Gasteiger partial charge < -0.3 is 29.2 Å². The van der Waals surface area contributed by atoms with Gasteiger partial charge in [0.2, 0.25) is 0 Å². The molecule has 8 heteroatoms. The van der Waals surface area contributed by atoms with Crippen molar-refractivity contribution in [3.05, 3.63) is 71.8 Å². The number of esters is 2. The SMILES string of the molecule is C=C(C)C(=O)OCC(O)COc1ccc(C(C)(C)c2ccc(OCC(O)COC(C)=O)cc2)cc1. The van der Waals surface area contributed by atoms with E-state index in [9.17, 15) is 19.8 Å². The highest BCUT2D eigenvalue weighted by molar-refractivity contribution is 5.86. The lowest BCUT2D eigenvalue weighted by molar-refractivity contribution is -0.144. The Bertz CT molecular complexity index is 979. The standard InChI is InChI=1S/C27H34O8/c1-18(2)26(31)35-17-23(30)16-34-25-12-8-21(9-13-25)27(4,5)20-6-10-24(11-7-20)33-15-22(29)14-32-19(3)28/h6-13,22-23,29-30H,1,14-17H2,2-5H3. The van der Waals surface area contributed by atoms with Gasteiger partial charge in [0.1, 0.15) is 50.1 Å². The van der Waals surface area contributed by atoms with Crippen LogP contribution in [0.4, 0.5) is 0 Å². The second-order valence-corrected chi connectivity index (χ2v) is 8.78. The molecule has 0 amide bonds. The molecule has 190 valence electrons. The van der Waals surface area contributed by atoms with Crippen molar-refractivity contribution in [2.75, 3.05) is 26.4 Å². The Hall–Kier alpha value is -3.36. The lowest BCUT2D eigenvalue weighted by Crippen LogP contribution is -2.25. The van der Waals surface area contributed by atoms with E-state index in [2.05, 4.69) is 20.4 Å². The highest BCUT2D eigenvalue weighted by Gasteiger charge is 2.23. The van der Waals surface area contributed by atoms with Gasteiger partial charge in [0.25, 0.3) is 0 Å². The lowest BCUT2D eigenvalue weighted by Gasteiger charge is -2.26. The van der Waals surface area contributed by atoms with Crippen molar-refractivity contribution in [1.82, 2.24) is 0 Å². The first-order valence-corrected chi connectivity index (χ1v) is 11.3. The summed E-state index contributed by atoms with van der Waals surface area (Å²) in [7, 11) is 0. The van der Waals surface area contributed by atoms with Crippen LogP contribution in [0.1, 0.15) is 38.8 Å². The number of rotatable bonds is 13. The van der Waals surface area contributed by atoms with Crippen LogP contribution in [0.5, 0.6) is 11.5 Å². The van der Waals surface area contributed by atoms with Crippen LogP contribution < -0.4 is 9.47 Å². The minimum absolute atomic E-state index is 0.0107. The highest BCUT2D eigenvalue weighted by atomic mass is 16.6. The van der Waals surface area contributed by atoms with Gasteiger partial charge in [-0.2, -0.15) is 0 Å². The summed E-state index contributed by atoms with van der Waals surface area (Å²) in [6, 6.07) is 15.1. The van der Waals surface area contributed by atoms with Crippen LogP contribution >= 0.6 is 0 Å². The summed E-state index contributed by atoms with van der Waals surface area (Å²) >= 11 is 0. The van der Waals surface area contributed by atoms with Crippen molar-refractivity contribution in [2.45, 2.75) is 45.3 Å². The van der Waals surface area contributed by atoms with Gasteiger partial charge in [-0.1, -0.05) is 44.7 Å². The van der Waals surface area contributed by atoms with E-state index in [0.29, 0.717) is 11.5 Å². The van der Waals surface area contributed by atoms with Gasteiger partial charge in [-0.15, -0.1) is 0 Å². The Kier molecular flexibility index (Phi) is 10.3. The van der Waals surface area contributed by atoms with E-state index in [1.807, 2.05) is 48.5 Å². The maximum absolute atomic E-state index is 11.4. The van der Waals surface area contributed by atoms with Crippen molar-refractivity contribution in [3.63, 3.8) is 0 Å². The van der Waals surface area contributed by atoms with Gasteiger partial charge in [0.15, 0.2) is 0 Å². The van der Waals surface area contributed by atoms with Crippen molar-refractivity contribution in [2.24, 2.45) is 0 Å². The Labute approximate surface area is 206 Å². The summed E-state index contributed by atoms with van der Waals surface area (Å²) in [5.74, 6) is 0.190. The molecule has 0 fully saturated rings. The van der Waals surface area contributed by atoms with E-state index in [4.69, 9.17) is 18.9 Å². The zero-order chi connectivity index (χ0) is 26.0. The van der Waals surface area contributed by atoms with Gasteiger partial charge in [-0.05, 0) is 42.3 Å². The van der Waals surface area contributed by atoms with E-state index >= 15 is 0 Å². The third-order valence-corrected chi connectivity index (χ3v) is 5.27. The molecular weight excluding hydrogens is 452 g/mol. The molecule has 0 spiro atoms. The molecule has 0 heterocycles. The first kappa shape index (κ1) is 27.9. The smallest absolute Gasteiger partial charge is 0.333 e. The van der Waals surface area contributed by atoms with Crippen LogP contribution in [0, 0.1) is 0 Å². The summed E-state index contributed by atoms with van der Waals surface area (Å²) in [6.45, 7) is 10.2. The molecule has 0 radical (unpaired) electrons. The average molecular weight is 487 g/mol. The first-order valence-electron chi connectivity index (χ1n) is 11.3. The third kappa shape index (κ3) is 9.07. The minimum atomic E-state index is -0.946. The van der Waals surface area contributed by atoms with E-state index in [-0.39, 0.29) is 37.4 Å². The summed E-state index contributed by atoms with van der Waals surface area (Å²) in [5, 5.41) is 19.7. The predicted molar refractivity (Wildman–Crippen MR) is 130 cm³/mol. The maximum atomic E-state index is 11.4. The number of hydrogen-bond donors (Lipinski definition) is 2. The van der Waals surface area contributed by atoms with Gasteiger partial charge >= 0.3 is 11.9 Å². The van der Waals surface area contributed by atoms with Crippen molar-refractivity contribution in [1.29, 1.82) is 0 Å². The molecule has 8 nitrogen and oxygen atoms in total. The molecular formula is C27H34O8. The summed E-state index contributed by atoms with van der Waals surface area (Å²) in [4.78, 5) is 22.2. The number of ether oxygens (including phenoxy) is 4. The third-order valence-electron chi connectivity index (χ3n) is 5.27. The van der Waals surface area contributed by atoms with Crippen LogP contribution in [0.25, 0.3) is 0 Å². The first-order chi connectivity index (χ1) is 16.5. The quantitative estimate of drug-likeness (QED) is 0.328. The molecule has 2 unspecified atom stereocenters. The average Bonchev–Trinajstić information content (AvgIpc) is 2.83. The van der Waals surface area contributed by atoms with E-state index < -0.39 is 24.1 Å². The van der Waals surface area contributed by atoms with E-state index in [1.165, 1.54) is 13.8 Å². The molecule has 0 bridgehead atoms. The van der Waals surface area contributed by atoms with Gasteiger partial charge in [-0.3, -0.25) is 4.79 Å². The van der Waals surface area contributed by atoms with E-state index in [0.717, 1.165) is 11.1 Å². The monoisotopic (exact) mass is 486 g/mol. The second kappa shape index (κ2) is 12.9. The van der Waals surface area contributed by atoms with Gasteiger partial charge in [0.05, 0.1) is 0 Å². The molecule has 2 N–H and O–H groups in total. The molecule has 2 aromatic carbocycles. The molecule has 0 aliphatic carbocycles. The molecule has 2 aromatic rings. The number of carbonyl (C=O) groups is 2. The number of aliphatic hydroxyl groups excluding tert-OH is 2. The molecule has 2 atom stereocenters. The summed E-state index contributed by atoms with van der Waals surface area (Å²) in [5.41, 5.74) is 2.09. The van der Waals surface area contributed by atoms with Gasteiger partial charge in [-0.25, -0.2) is 4.79 Å². The normalized spacial score (nSPS) is 12.9. The number of aliphatic hydroxyl groups is 2. The van der Waals surface area contributed by atoms with Crippen molar-refractivity contribution < 1.29 is 38.7 Å². The second-order valence-electron chi connectivity index (χ2n) is 8.78. The van der Waals surface area contributed by atoms with Crippen LogP contribution in [0.15, 0.2) is 60.7 Å². The Morgan fingerprint density at radius 3 is 1.54 bits per heavy atom. The molecule has 2 rings (SSSR count). The molecule has 0 saturated carbocycles. The minimum Gasteiger partial charge on any atom is -0.491 e. The van der Waals surface area contributed by atoms with Crippen LogP contribution in [0.3, 0.4) is 0 Å². The predicted octanol–water partition coefficient (Wildman–Crippen LogP) is 3.17. The van der Waals surface area contributed by atoms with Gasteiger partial charge in [0, 0.05) is 17.9 Å². The summed E-state index contributed by atoms with van der Waals surface area (Å²) < 4.78 is 20.8. The zero-order valence-electron chi connectivity index (χ0n) is 20.7. The Balaban J connectivity index is 1.89. The van der Waals surface area contributed by atoms with Crippen LogP contribution in [0.2, 0.25) is 0 Å². The van der Waals surface area contributed by atoms with Crippen LogP contribution in [-0.4, -0.2) is 60.8 Å². The van der Waals surface area contributed by atoms with Crippen molar-refractivity contribution >= 4 is 11.9 Å². The maximum Gasteiger partial charge on any atom is 0.333 e. The largest absolute Gasteiger partial charge is 0.491 e. The lowest BCUT2D eigenvalue weighted by atomic mass is 9.78. The van der Waals surface area contributed by atoms with Crippen molar-refractivity contribution in [3.8, 4) is 11.5 Å². The fraction of sp³-hybridized carbons (Fsp3) is 0.407. The number of benzene rings is 2. The highest BCUT2D eigenvalue weighted by Crippen LogP contribution is 2.33. The topological polar surface area (TPSA) is 112 Å². The Morgan fingerprint density at radius 2 is 1.17 bits per heavy atom. The molecule has 0 aliphatic heterocycles. The number of carbonyl (C=O) groups excluding carboxylic acids is 2. The van der Waals surface area contributed by atoms with Crippen LogP contribution in [-0.2, 0) is 24.5 Å². The number of hydrogen-bond acceptors (Lipinski definition) is 8. The summed E-state index contributed by atoms with van der Waals surface area (Å²) in [6.07, 6.45) is -1.85. The fourth-order valence-electron chi connectivity index (χ4n) is 3.09. The molecule has 35 heavy (non-hydrogen) atoms. The Morgan fingerprint density at radius 1 is 0.771 bits per heavy atom. The molecule has 0 saturated heterocycles. The molecule has 0 aliphatic rings. The fourth-order valence-corrected chi connectivity index (χ4v) is 3.09.